The van der Waals surface area contributed by atoms with E-state index in [0.29, 0.717) is 22.4 Å². The summed E-state index contributed by atoms with van der Waals surface area (Å²) in [7, 11) is 0. The van der Waals surface area contributed by atoms with E-state index in [1.54, 1.807) is 6.07 Å². The van der Waals surface area contributed by atoms with Crippen LogP contribution >= 0.6 is 11.3 Å². The molecule has 3 aromatic rings. The number of aromatic nitrogens is 2. The number of amides is 1. The van der Waals surface area contributed by atoms with Gasteiger partial charge >= 0.3 is 0 Å². The Morgan fingerprint density at radius 1 is 1.28 bits per heavy atom. The number of carbonyl (C=O) groups is 1. The topological polar surface area (TPSA) is 68.0 Å². The van der Waals surface area contributed by atoms with Crippen molar-refractivity contribution in [2.24, 2.45) is 0 Å². The Morgan fingerprint density at radius 3 is 2.60 bits per heavy atom. The summed E-state index contributed by atoms with van der Waals surface area (Å²) >= 11 is 1.42. The zero-order chi connectivity index (χ0) is 18.0. The summed E-state index contributed by atoms with van der Waals surface area (Å²) in [5.74, 6) is 0.414. The molecule has 0 atom stereocenters. The molecular formula is C19H21N3O2S. The molecule has 2 aromatic heterocycles. The van der Waals surface area contributed by atoms with Gasteiger partial charge in [-0.3, -0.25) is 10.1 Å². The molecule has 1 aromatic carbocycles. The molecule has 0 spiro atoms. The van der Waals surface area contributed by atoms with Crippen LogP contribution < -0.4 is 5.32 Å². The molecule has 2 heterocycles. The molecule has 0 aliphatic heterocycles. The van der Waals surface area contributed by atoms with Crippen LogP contribution in [0.3, 0.4) is 0 Å². The largest absolute Gasteiger partial charge is 0.338 e. The van der Waals surface area contributed by atoms with Crippen LogP contribution in [0.25, 0.3) is 11.3 Å². The van der Waals surface area contributed by atoms with Crippen molar-refractivity contribution in [2.75, 3.05) is 5.32 Å². The predicted molar refractivity (Wildman–Crippen MR) is 100 cm³/mol. The number of benzene rings is 1. The third kappa shape index (κ3) is 3.79. The van der Waals surface area contributed by atoms with Crippen molar-refractivity contribution in [2.45, 2.75) is 40.0 Å². The van der Waals surface area contributed by atoms with Crippen LogP contribution in [0, 0.1) is 6.92 Å². The number of aryl methyl sites for hydroxylation is 2. The smallest absolute Gasteiger partial charge is 0.270 e. The van der Waals surface area contributed by atoms with Crippen LogP contribution in [-0.2, 0) is 6.42 Å². The molecule has 0 aliphatic carbocycles. The number of carbonyl (C=O) groups excluding carboxylic acids is 1. The fourth-order valence-corrected chi connectivity index (χ4v) is 3.39. The van der Waals surface area contributed by atoms with Crippen LogP contribution in [0.2, 0.25) is 0 Å². The van der Waals surface area contributed by atoms with Crippen LogP contribution in [-0.4, -0.2) is 16.0 Å². The third-order valence-corrected chi connectivity index (χ3v) is 5.37. The summed E-state index contributed by atoms with van der Waals surface area (Å²) in [4.78, 5) is 17.5. The highest BCUT2D eigenvalue weighted by molar-refractivity contribution is 7.14. The predicted octanol–water partition coefficient (Wildman–Crippen LogP) is 5.04. The summed E-state index contributed by atoms with van der Waals surface area (Å²) in [5, 5.41) is 7.76. The van der Waals surface area contributed by atoms with E-state index in [1.807, 2.05) is 19.1 Å². The molecule has 1 amide bonds. The maximum atomic E-state index is 12.5. The molecule has 0 bridgehead atoms. The maximum Gasteiger partial charge on any atom is 0.270 e. The van der Waals surface area contributed by atoms with Crippen LogP contribution in [0.4, 0.5) is 5.88 Å². The number of hydrogen-bond donors (Lipinski definition) is 1. The summed E-state index contributed by atoms with van der Waals surface area (Å²) in [6.07, 6.45) is 0.993. The molecule has 0 fully saturated rings. The highest BCUT2D eigenvalue weighted by Crippen LogP contribution is 2.26. The van der Waals surface area contributed by atoms with Gasteiger partial charge in [0.25, 0.3) is 5.91 Å². The number of thiazole rings is 1. The minimum absolute atomic E-state index is 0.217. The Hall–Kier alpha value is -2.47. The Bertz CT molecular complexity index is 878. The molecular weight excluding hydrogens is 334 g/mol. The second-order valence-electron chi connectivity index (χ2n) is 6.20. The van der Waals surface area contributed by atoms with Gasteiger partial charge in [-0.2, -0.15) is 0 Å². The van der Waals surface area contributed by atoms with Gasteiger partial charge in [0.05, 0.1) is 10.7 Å². The van der Waals surface area contributed by atoms with Gasteiger partial charge in [0.2, 0.25) is 5.88 Å². The number of rotatable bonds is 5. The van der Waals surface area contributed by atoms with E-state index in [4.69, 9.17) is 4.52 Å². The van der Waals surface area contributed by atoms with Crippen molar-refractivity contribution in [1.29, 1.82) is 0 Å². The van der Waals surface area contributed by atoms with E-state index in [9.17, 15) is 4.79 Å². The molecule has 5 nitrogen and oxygen atoms in total. The number of anilines is 1. The summed E-state index contributed by atoms with van der Waals surface area (Å²) in [5.41, 5.74) is 3.66. The minimum Gasteiger partial charge on any atom is -0.338 e. The molecule has 6 heteroatoms. The SMILES string of the molecule is CCc1ccc(-c2cc(NC(=O)c3sc(C(C)C)nc3C)on2)cc1. The minimum atomic E-state index is -0.217. The first-order valence-electron chi connectivity index (χ1n) is 8.32. The van der Waals surface area contributed by atoms with E-state index in [2.05, 4.69) is 48.4 Å². The highest BCUT2D eigenvalue weighted by atomic mass is 32.1. The zero-order valence-electron chi connectivity index (χ0n) is 14.8. The quantitative estimate of drug-likeness (QED) is 0.696. The van der Waals surface area contributed by atoms with Gasteiger partial charge in [0, 0.05) is 17.5 Å². The van der Waals surface area contributed by atoms with Gasteiger partial charge in [-0.1, -0.05) is 50.2 Å². The van der Waals surface area contributed by atoms with Gasteiger partial charge in [-0.05, 0) is 18.9 Å². The number of nitrogens with one attached hydrogen (secondary N) is 1. The van der Waals surface area contributed by atoms with Crippen LogP contribution in [0.1, 0.15) is 52.6 Å². The molecule has 3 rings (SSSR count). The lowest BCUT2D eigenvalue weighted by molar-refractivity contribution is 0.102. The van der Waals surface area contributed by atoms with Crippen molar-refractivity contribution in [3.63, 3.8) is 0 Å². The molecule has 0 saturated heterocycles. The summed E-state index contributed by atoms with van der Waals surface area (Å²) in [6, 6.07) is 9.88. The fourth-order valence-electron chi connectivity index (χ4n) is 2.42. The monoisotopic (exact) mass is 355 g/mol. The second-order valence-corrected chi connectivity index (χ2v) is 7.23. The second kappa shape index (κ2) is 7.19. The normalized spacial score (nSPS) is 11.1. The molecule has 0 unspecified atom stereocenters. The van der Waals surface area contributed by atoms with E-state index in [1.165, 1.54) is 16.9 Å². The number of hydrogen-bond acceptors (Lipinski definition) is 5. The number of nitrogens with zero attached hydrogens (tertiary/aromatic N) is 2. The molecule has 25 heavy (non-hydrogen) atoms. The average molecular weight is 355 g/mol. The van der Waals surface area contributed by atoms with E-state index >= 15 is 0 Å². The Labute approximate surface area is 151 Å². The molecule has 0 radical (unpaired) electrons. The highest BCUT2D eigenvalue weighted by Gasteiger charge is 2.18. The van der Waals surface area contributed by atoms with Gasteiger partial charge in [-0.25, -0.2) is 4.98 Å². The lowest BCUT2D eigenvalue weighted by atomic mass is 10.1. The van der Waals surface area contributed by atoms with Crippen molar-refractivity contribution < 1.29 is 9.32 Å². The van der Waals surface area contributed by atoms with Gasteiger partial charge < -0.3 is 4.52 Å². The van der Waals surface area contributed by atoms with Crippen LogP contribution in [0.5, 0.6) is 0 Å². The molecule has 0 saturated carbocycles. The zero-order valence-corrected chi connectivity index (χ0v) is 15.6. The average Bonchev–Trinajstić information content (AvgIpc) is 3.21. The van der Waals surface area contributed by atoms with Crippen molar-refractivity contribution in [3.8, 4) is 11.3 Å². The molecule has 130 valence electrons. The summed E-state index contributed by atoms with van der Waals surface area (Å²) in [6.45, 7) is 8.09. The Morgan fingerprint density at radius 2 is 2.00 bits per heavy atom. The van der Waals surface area contributed by atoms with Crippen LogP contribution in [0.15, 0.2) is 34.9 Å². The fraction of sp³-hybridized carbons (Fsp3) is 0.316. The van der Waals surface area contributed by atoms with Gasteiger partial charge in [0.1, 0.15) is 10.6 Å². The molecule has 1 N–H and O–H groups in total. The van der Waals surface area contributed by atoms with Gasteiger partial charge in [-0.15, -0.1) is 11.3 Å². The summed E-state index contributed by atoms with van der Waals surface area (Å²) < 4.78 is 5.26. The first kappa shape index (κ1) is 17.4. The maximum absolute atomic E-state index is 12.5. The first-order valence-corrected chi connectivity index (χ1v) is 9.14. The Balaban J connectivity index is 1.75. The standard InChI is InChI=1S/C19H21N3O2S/c1-5-13-6-8-14(9-7-13)15-10-16(24-22-15)21-18(23)17-12(4)20-19(25-17)11(2)3/h6-11H,5H2,1-4H3,(H,21,23). The molecule has 0 aliphatic rings. The first-order chi connectivity index (χ1) is 12.0. The van der Waals surface area contributed by atoms with E-state index in [-0.39, 0.29) is 5.91 Å². The van der Waals surface area contributed by atoms with E-state index < -0.39 is 0 Å². The lowest BCUT2D eigenvalue weighted by Gasteiger charge is -1.99. The van der Waals surface area contributed by atoms with Crippen molar-refractivity contribution in [1.82, 2.24) is 10.1 Å². The van der Waals surface area contributed by atoms with E-state index in [0.717, 1.165) is 22.7 Å². The van der Waals surface area contributed by atoms with Crippen molar-refractivity contribution in [3.05, 3.63) is 51.5 Å². The van der Waals surface area contributed by atoms with Gasteiger partial charge in [0.15, 0.2) is 0 Å². The van der Waals surface area contributed by atoms with Crippen molar-refractivity contribution >= 4 is 23.1 Å². The lowest BCUT2D eigenvalue weighted by Crippen LogP contribution is -2.10. The Kier molecular flexibility index (Phi) is 4.99. The third-order valence-electron chi connectivity index (χ3n) is 3.92.